The molecule has 1 N–H and O–H groups in total. The van der Waals surface area contributed by atoms with E-state index in [9.17, 15) is 4.79 Å². The molecule has 0 spiro atoms. The van der Waals surface area contributed by atoms with Crippen molar-refractivity contribution in [3.63, 3.8) is 0 Å². The minimum atomic E-state index is -0.819. The number of carboxylic acid groups (broad SMARTS) is 1. The molecule has 0 amide bonds. The highest BCUT2D eigenvalue weighted by molar-refractivity contribution is 8.02. The Morgan fingerprint density at radius 2 is 2.22 bits per heavy atom. The number of aliphatic carboxylic acids is 1. The van der Waals surface area contributed by atoms with Crippen molar-refractivity contribution in [1.82, 2.24) is 9.97 Å². The van der Waals surface area contributed by atoms with Crippen LogP contribution in [0.15, 0.2) is 14.1 Å². The monoisotopic (exact) mass is 300 g/mol. The molecule has 0 unspecified atom stereocenters. The lowest BCUT2D eigenvalue weighted by molar-refractivity contribution is -0.136. The van der Waals surface area contributed by atoms with Crippen molar-refractivity contribution in [2.24, 2.45) is 0 Å². The fourth-order valence-electron chi connectivity index (χ4n) is 1.32. The maximum atomic E-state index is 10.7. The van der Waals surface area contributed by atoms with Gasteiger partial charge >= 0.3 is 5.97 Å². The van der Waals surface area contributed by atoms with Crippen molar-refractivity contribution < 1.29 is 9.90 Å². The molecule has 2 aromatic rings. The molecule has 0 aliphatic heterocycles. The third kappa shape index (κ3) is 3.30. The molecule has 0 fully saturated rings. The van der Waals surface area contributed by atoms with Crippen LogP contribution in [0, 0.1) is 6.92 Å². The summed E-state index contributed by atoms with van der Waals surface area (Å²) in [6.45, 7) is 3.92. The van der Waals surface area contributed by atoms with Gasteiger partial charge in [-0.15, -0.1) is 22.7 Å². The summed E-state index contributed by atoms with van der Waals surface area (Å²) >= 11 is 4.55. The van der Waals surface area contributed by atoms with Crippen molar-refractivity contribution >= 4 is 40.4 Å². The second-order valence-electron chi connectivity index (χ2n) is 3.62. The number of hydrogen-bond donors (Lipinski definition) is 1. The molecule has 0 aliphatic carbocycles. The SMILES string of the molecule is CCc1csc(Sc2nc(C)c(CC(=O)O)s2)n1. The van der Waals surface area contributed by atoms with E-state index >= 15 is 0 Å². The first-order valence-electron chi connectivity index (χ1n) is 5.38. The third-order valence-electron chi connectivity index (χ3n) is 2.25. The molecule has 0 saturated heterocycles. The Bertz CT molecular complexity index is 562. The fraction of sp³-hybridized carbons (Fsp3) is 0.364. The first-order chi connectivity index (χ1) is 8.58. The average molecular weight is 300 g/mol. The lowest BCUT2D eigenvalue weighted by Crippen LogP contribution is -1.99. The summed E-state index contributed by atoms with van der Waals surface area (Å²) in [7, 11) is 0. The Kier molecular flexibility index (Phi) is 4.36. The van der Waals surface area contributed by atoms with E-state index in [0.29, 0.717) is 0 Å². The summed E-state index contributed by atoms with van der Waals surface area (Å²) in [5.74, 6) is -0.819. The van der Waals surface area contributed by atoms with Crippen LogP contribution in [-0.2, 0) is 17.6 Å². The summed E-state index contributed by atoms with van der Waals surface area (Å²) in [5.41, 5.74) is 1.89. The van der Waals surface area contributed by atoms with Gasteiger partial charge in [-0.25, -0.2) is 9.97 Å². The number of nitrogens with zero attached hydrogens (tertiary/aromatic N) is 2. The Morgan fingerprint density at radius 3 is 2.83 bits per heavy atom. The van der Waals surface area contributed by atoms with Crippen molar-refractivity contribution in [3.05, 3.63) is 21.6 Å². The van der Waals surface area contributed by atoms with E-state index in [1.165, 1.54) is 23.1 Å². The molecule has 0 saturated carbocycles. The maximum absolute atomic E-state index is 10.7. The highest BCUT2D eigenvalue weighted by Crippen LogP contribution is 2.34. The van der Waals surface area contributed by atoms with Gasteiger partial charge in [0.1, 0.15) is 0 Å². The molecular weight excluding hydrogens is 288 g/mol. The predicted molar refractivity (Wildman–Crippen MR) is 73.8 cm³/mol. The molecule has 0 radical (unpaired) electrons. The van der Waals surface area contributed by atoms with Gasteiger partial charge in [0.25, 0.3) is 0 Å². The molecule has 2 heterocycles. The van der Waals surface area contributed by atoms with Gasteiger partial charge in [0.2, 0.25) is 0 Å². The van der Waals surface area contributed by atoms with Crippen LogP contribution in [0.1, 0.15) is 23.2 Å². The smallest absolute Gasteiger partial charge is 0.308 e. The molecule has 96 valence electrons. The van der Waals surface area contributed by atoms with Gasteiger partial charge in [0, 0.05) is 10.3 Å². The van der Waals surface area contributed by atoms with E-state index in [4.69, 9.17) is 5.11 Å². The Balaban J connectivity index is 2.12. The number of aryl methyl sites for hydroxylation is 2. The van der Waals surface area contributed by atoms with Crippen molar-refractivity contribution in [1.29, 1.82) is 0 Å². The van der Waals surface area contributed by atoms with E-state index in [-0.39, 0.29) is 6.42 Å². The number of rotatable bonds is 5. The Morgan fingerprint density at radius 1 is 1.44 bits per heavy atom. The van der Waals surface area contributed by atoms with Crippen LogP contribution in [0.2, 0.25) is 0 Å². The number of thiazole rings is 2. The quantitative estimate of drug-likeness (QED) is 0.918. The van der Waals surface area contributed by atoms with E-state index < -0.39 is 5.97 Å². The highest BCUT2D eigenvalue weighted by Gasteiger charge is 2.13. The fourth-order valence-corrected chi connectivity index (χ4v) is 4.66. The summed E-state index contributed by atoms with van der Waals surface area (Å²) < 4.78 is 1.82. The van der Waals surface area contributed by atoms with E-state index in [0.717, 1.165) is 31.4 Å². The molecule has 0 atom stereocenters. The standard InChI is InChI=1S/C11H12N2O2S3/c1-3-7-5-16-10(13-7)18-11-12-6(2)8(17-11)4-9(14)15/h5H,3-4H2,1-2H3,(H,14,15). The van der Waals surface area contributed by atoms with Crippen molar-refractivity contribution in [3.8, 4) is 0 Å². The summed E-state index contributed by atoms with van der Waals surface area (Å²) in [6, 6.07) is 0. The zero-order chi connectivity index (χ0) is 13.1. The van der Waals surface area contributed by atoms with E-state index in [2.05, 4.69) is 16.9 Å². The molecule has 2 aromatic heterocycles. The second-order valence-corrected chi connectivity index (χ2v) is 7.06. The zero-order valence-electron chi connectivity index (χ0n) is 9.97. The normalized spacial score (nSPS) is 10.8. The van der Waals surface area contributed by atoms with Crippen LogP contribution in [0.4, 0.5) is 0 Å². The average Bonchev–Trinajstić information content (AvgIpc) is 2.87. The number of carbonyl (C=O) groups is 1. The molecule has 7 heteroatoms. The molecular formula is C11H12N2O2S3. The summed E-state index contributed by atoms with van der Waals surface area (Å²) in [5, 5.41) is 10.8. The summed E-state index contributed by atoms with van der Waals surface area (Å²) in [4.78, 5) is 20.3. The first kappa shape index (κ1) is 13.5. The lowest BCUT2D eigenvalue weighted by Gasteiger charge is -1.90. The molecule has 0 bridgehead atoms. The van der Waals surface area contributed by atoms with Gasteiger partial charge in [-0.1, -0.05) is 6.92 Å². The van der Waals surface area contributed by atoms with Crippen LogP contribution in [-0.4, -0.2) is 21.0 Å². The zero-order valence-corrected chi connectivity index (χ0v) is 12.4. The summed E-state index contributed by atoms with van der Waals surface area (Å²) in [6.07, 6.45) is 0.973. The molecule has 0 aromatic carbocycles. The van der Waals surface area contributed by atoms with Gasteiger partial charge in [0.05, 0.1) is 17.8 Å². The second kappa shape index (κ2) is 5.81. The van der Waals surface area contributed by atoms with Crippen molar-refractivity contribution in [2.75, 3.05) is 0 Å². The minimum absolute atomic E-state index is 0.0438. The number of carboxylic acids is 1. The van der Waals surface area contributed by atoms with Crippen LogP contribution in [0.3, 0.4) is 0 Å². The third-order valence-corrected chi connectivity index (χ3v) is 5.46. The van der Waals surface area contributed by atoms with Gasteiger partial charge in [0.15, 0.2) is 8.68 Å². The molecule has 4 nitrogen and oxygen atoms in total. The van der Waals surface area contributed by atoms with Crippen molar-refractivity contribution in [2.45, 2.75) is 35.4 Å². The number of aromatic nitrogens is 2. The van der Waals surface area contributed by atoms with Gasteiger partial charge in [-0.05, 0) is 25.1 Å². The van der Waals surface area contributed by atoms with Crippen LogP contribution in [0.25, 0.3) is 0 Å². The molecule has 2 rings (SSSR count). The molecule has 18 heavy (non-hydrogen) atoms. The Labute approximate surface area is 117 Å². The maximum Gasteiger partial charge on any atom is 0.308 e. The largest absolute Gasteiger partial charge is 0.481 e. The first-order valence-corrected chi connectivity index (χ1v) is 7.90. The van der Waals surface area contributed by atoms with Crippen LogP contribution < -0.4 is 0 Å². The minimum Gasteiger partial charge on any atom is -0.481 e. The van der Waals surface area contributed by atoms with Gasteiger partial charge < -0.3 is 5.11 Å². The Hall–Kier alpha value is -0.920. The van der Waals surface area contributed by atoms with Gasteiger partial charge in [-0.2, -0.15) is 0 Å². The van der Waals surface area contributed by atoms with Gasteiger partial charge in [-0.3, -0.25) is 4.79 Å². The molecule has 0 aliphatic rings. The van der Waals surface area contributed by atoms with Crippen LogP contribution >= 0.6 is 34.4 Å². The van der Waals surface area contributed by atoms with E-state index in [1.54, 1.807) is 11.3 Å². The highest BCUT2D eigenvalue weighted by atomic mass is 32.2. The predicted octanol–water partition coefficient (Wildman–Crippen LogP) is 3.25. The van der Waals surface area contributed by atoms with Crippen LogP contribution in [0.5, 0.6) is 0 Å². The lowest BCUT2D eigenvalue weighted by atomic mass is 10.3. The number of hydrogen-bond acceptors (Lipinski definition) is 6. The van der Waals surface area contributed by atoms with E-state index in [1.807, 2.05) is 12.3 Å². The topological polar surface area (TPSA) is 63.1 Å².